The van der Waals surface area contributed by atoms with Crippen molar-refractivity contribution in [3.63, 3.8) is 0 Å². The van der Waals surface area contributed by atoms with Gasteiger partial charge in [0.2, 0.25) is 0 Å². The monoisotopic (exact) mass is 172 g/mol. The van der Waals surface area contributed by atoms with Crippen LogP contribution in [-0.2, 0) is 0 Å². The number of hydrogen-bond acceptors (Lipinski definition) is 5. The minimum atomic E-state index is -1.40. The van der Waals surface area contributed by atoms with Crippen molar-refractivity contribution in [2.45, 2.75) is 0 Å². The molecule has 60 valence electrons. The summed E-state index contributed by atoms with van der Waals surface area (Å²) >= 11 is 1.26. The molecule has 0 unspecified atom stereocenters. The van der Waals surface area contributed by atoms with Crippen molar-refractivity contribution in [3.05, 3.63) is 6.20 Å². The number of anilines is 1. The van der Waals surface area contributed by atoms with Crippen molar-refractivity contribution in [2.75, 3.05) is 19.0 Å². The maximum absolute atomic E-state index is 8.73. The molecule has 0 bridgehead atoms. The molecule has 6 heteroatoms. The van der Waals surface area contributed by atoms with Gasteiger partial charge in [-0.1, -0.05) is 0 Å². The second kappa shape index (κ2) is 3.21. The molecule has 0 atom stereocenters. The third kappa shape index (κ3) is 1.92. The molecule has 0 spiro atoms. The Morgan fingerprint density at radius 3 is 2.45 bits per heavy atom. The van der Waals surface area contributed by atoms with E-state index in [1.807, 2.05) is 19.0 Å². The zero-order valence-electron chi connectivity index (χ0n) is 6.35. The summed E-state index contributed by atoms with van der Waals surface area (Å²) in [5, 5.41) is 18.2. The number of nitrogens with zero attached hydrogens (tertiary/aromatic N) is 2. The van der Waals surface area contributed by atoms with Crippen molar-refractivity contribution >= 4 is 28.4 Å². The van der Waals surface area contributed by atoms with Gasteiger partial charge in [0.1, 0.15) is 0 Å². The Balaban J connectivity index is 2.82. The number of hydrogen-bond donors (Lipinski definition) is 2. The standard InChI is InChI=1S/C5H9BN2O2S/c1-8(2)5-7-3-4(11-5)6(9)10/h3,9-10H,1-2H3. The van der Waals surface area contributed by atoms with Gasteiger partial charge in [0.15, 0.2) is 5.13 Å². The Morgan fingerprint density at radius 1 is 1.55 bits per heavy atom. The van der Waals surface area contributed by atoms with Crippen LogP contribution in [-0.4, -0.2) is 36.2 Å². The Hall–Kier alpha value is -0.585. The number of rotatable bonds is 2. The lowest BCUT2D eigenvalue weighted by atomic mass is 9.91. The Morgan fingerprint density at radius 2 is 2.18 bits per heavy atom. The molecular weight excluding hydrogens is 163 g/mol. The van der Waals surface area contributed by atoms with Crippen molar-refractivity contribution in [1.82, 2.24) is 4.98 Å². The van der Waals surface area contributed by atoms with E-state index in [0.29, 0.717) is 4.78 Å². The predicted molar refractivity (Wildman–Crippen MR) is 46.3 cm³/mol. The summed E-state index contributed by atoms with van der Waals surface area (Å²) < 4.78 is 0.466. The van der Waals surface area contributed by atoms with E-state index in [0.717, 1.165) is 5.13 Å². The molecule has 1 heterocycles. The SMILES string of the molecule is CN(C)c1ncc(B(O)O)s1. The average Bonchev–Trinajstić information content (AvgIpc) is 2.33. The smallest absolute Gasteiger partial charge is 0.423 e. The van der Waals surface area contributed by atoms with Crippen LogP contribution in [0.25, 0.3) is 0 Å². The number of aromatic nitrogens is 1. The van der Waals surface area contributed by atoms with Crippen LogP contribution < -0.4 is 9.68 Å². The number of thiazole rings is 1. The molecule has 2 N–H and O–H groups in total. The molecule has 1 rings (SSSR count). The Kier molecular flexibility index (Phi) is 2.48. The highest BCUT2D eigenvalue weighted by molar-refractivity contribution is 7.24. The first-order chi connectivity index (χ1) is 5.11. The lowest BCUT2D eigenvalue weighted by Crippen LogP contribution is -2.26. The summed E-state index contributed by atoms with van der Waals surface area (Å²) in [6.07, 6.45) is 1.46. The lowest BCUT2D eigenvalue weighted by Gasteiger charge is -2.04. The van der Waals surface area contributed by atoms with Crippen LogP contribution in [0, 0.1) is 0 Å². The first-order valence-electron chi connectivity index (χ1n) is 3.10. The van der Waals surface area contributed by atoms with Crippen LogP contribution in [0.2, 0.25) is 0 Å². The van der Waals surface area contributed by atoms with Crippen molar-refractivity contribution in [2.24, 2.45) is 0 Å². The molecule has 0 aliphatic rings. The van der Waals surface area contributed by atoms with E-state index in [9.17, 15) is 0 Å². The molecule has 0 aliphatic heterocycles. The third-order valence-corrected chi connectivity index (χ3v) is 2.35. The van der Waals surface area contributed by atoms with E-state index in [4.69, 9.17) is 10.0 Å². The summed E-state index contributed by atoms with van der Waals surface area (Å²) in [5.74, 6) is 0. The summed E-state index contributed by atoms with van der Waals surface area (Å²) in [4.78, 5) is 5.78. The van der Waals surface area contributed by atoms with Gasteiger partial charge in [0, 0.05) is 20.3 Å². The summed E-state index contributed by atoms with van der Waals surface area (Å²) in [6, 6.07) is 0. The maximum atomic E-state index is 8.73. The molecule has 0 aromatic carbocycles. The van der Waals surface area contributed by atoms with Gasteiger partial charge < -0.3 is 14.9 Å². The zero-order valence-corrected chi connectivity index (χ0v) is 7.17. The molecule has 11 heavy (non-hydrogen) atoms. The highest BCUT2D eigenvalue weighted by Gasteiger charge is 2.15. The quantitative estimate of drug-likeness (QED) is 0.555. The first kappa shape index (κ1) is 8.51. The van der Waals surface area contributed by atoms with Crippen molar-refractivity contribution < 1.29 is 10.0 Å². The largest absolute Gasteiger partial charge is 0.500 e. The predicted octanol–water partition coefficient (Wildman–Crippen LogP) is -1.11. The fraction of sp³-hybridized carbons (Fsp3) is 0.400. The summed E-state index contributed by atoms with van der Waals surface area (Å²) in [5.41, 5.74) is 0. The van der Waals surface area contributed by atoms with Crippen molar-refractivity contribution in [3.8, 4) is 0 Å². The van der Waals surface area contributed by atoms with E-state index < -0.39 is 7.12 Å². The first-order valence-corrected chi connectivity index (χ1v) is 3.92. The van der Waals surface area contributed by atoms with Crippen LogP contribution in [0.5, 0.6) is 0 Å². The van der Waals surface area contributed by atoms with Crippen molar-refractivity contribution in [1.29, 1.82) is 0 Å². The maximum Gasteiger partial charge on any atom is 0.500 e. The lowest BCUT2D eigenvalue weighted by molar-refractivity contribution is 0.427. The zero-order chi connectivity index (χ0) is 8.43. The normalized spacial score (nSPS) is 9.82. The van der Waals surface area contributed by atoms with E-state index >= 15 is 0 Å². The second-order valence-electron chi connectivity index (χ2n) is 2.31. The van der Waals surface area contributed by atoms with Gasteiger partial charge in [-0.25, -0.2) is 4.98 Å². The fourth-order valence-corrected chi connectivity index (χ4v) is 1.31. The van der Waals surface area contributed by atoms with Crippen LogP contribution >= 0.6 is 11.3 Å². The van der Waals surface area contributed by atoms with Gasteiger partial charge in [0.05, 0.1) is 4.78 Å². The summed E-state index contributed by atoms with van der Waals surface area (Å²) in [6.45, 7) is 0. The Labute approximate surface area is 69.3 Å². The van der Waals surface area contributed by atoms with Crippen LogP contribution in [0.4, 0.5) is 5.13 Å². The van der Waals surface area contributed by atoms with E-state index in [1.165, 1.54) is 17.5 Å². The molecule has 0 saturated carbocycles. The molecule has 1 aromatic heterocycles. The van der Waals surface area contributed by atoms with Gasteiger partial charge in [-0.15, -0.1) is 11.3 Å². The van der Waals surface area contributed by atoms with E-state index in [1.54, 1.807) is 0 Å². The second-order valence-corrected chi connectivity index (χ2v) is 3.35. The van der Waals surface area contributed by atoms with Crippen LogP contribution in [0.15, 0.2) is 6.20 Å². The Bertz CT molecular complexity index is 216. The van der Waals surface area contributed by atoms with E-state index in [2.05, 4.69) is 4.98 Å². The molecular formula is C5H9BN2O2S. The molecule has 1 aromatic rings. The van der Waals surface area contributed by atoms with Gasteiger partial charge in [-0.05, 0) is 0 Å². The third-order valence-electron chi connectivity index (χ3n) is 1.15. The van der Waals surface area contributed by atoms with Gasteiger partial charge in [-0.2, -0.15) is 0 Å². The van der Waals surface area contributed by atoms with Gasteiger partial charge in [0.25, 0.3) is 0 Å². The molecule has 0 saturated heterocycles. The van der Waals surface area contributed by atoms with Crippen LogP contribution in [0.1, 0.15) is 0 Å². The van der Waals surface area contributed by atoms with Crippen LogP contribution in [0.3, 0.4) is 0 Å². The molecule has 0 aliphatic carbocycles. The summed E-state index contributed by atoms with van der Waals surface area (Å²) in [7, 11) is 2.31. The molecule has 4 nitrogen and oxygen atoms in total. The molecule has 0 amide bonds. The highest BCUT2D eigenvalue weighted by atomic mass is 32.1. The highest BCUT2D eigenvalue weighted by Crippen LogP contribution is 2.11. The van der Waals surface area contributed by atoms with Gasteiger partial charge in [-0.3, -0.25) is 0 Å². The minimum absolute atomic E-state index is 0.466. The van der Waals surface area contributed by atoms with E-state index in [-0.39, 0.29) is 0 Å². The van der Waals surface area contributed by atoms with Gasteiger partial charge >= 0.3 is 7.12 Å². The fourth-order valence-electron chi connectivity index (χ4n) is 0.603. The average molecular weight is 172 g/mol. The molecule has 0 fully saturated rings. The molecule has 0 radical (unpaired) electrons. The minimum Gasteiger partial charge on any atom is -0.423 e. The topological polar surface area (TPSA) is 56.6 Å².